The van der Waals surface area contributed by atoms with Gasteiger partial charge >= 0.3 is 0 Å². The van der Waals surface area contributed by atoms with Crippen LogP contribution in [0.2, 0.25) is 0 Å². The average molecular weight is 537 g/mol. The van der Waals surface area contributed by atoms with E-state index in [1.165, 1.54) is 88.0 Å². The molecule has 0 N–H and O–H groups in total. The van der Waals surface area contributed by atoms with Crippen LogP contribution in [0.5, 0.6) is 0 Å². The molecule has 2 aliphatic rings. The van der Waals surface area contributed by atoms with Crippen molar-refractivity contribution < 1.29 is 0 Å². The molecule has 0 saturated heterocycles. The average Bonchev–Trinajstić information content (AvgIpc) is 3.40. The molecule has 0 fully saturated rings. The van der Waals surface area contributed by atoms with Crippen LogP contribution in [0.25, 0.3) is 65.7 Å². The van der Waals surface area contributed by atoms with E-state index >= 15 is 0 Å². The van der Waals surface area contributed by atoms with Gasteiger partial charge in [-0.05, 0) is 106 Å². The second kappa shape index (κ2) is 7.99. The van der Waals surface area contributed by atoms with Crippen LogP contribution < -0.4 is 0 Å². The third kappa shape index (κ3) is 2.97. The standard InChI is InChI=1S/C42H32/c1-41(2)35-15-6-5-12-30(35)31-21-19-28(24-38(31)41)26-11-7-10-25(22-26)27-18-20-29-32-13-8-16-36-39(32)40-33(34(29)23-27)14-9-17-37(40)42(36,3)4/h5-24H,1-4H3. The lowest BCUT2D eigenvalue weighted by atomic mass is 9.81. The molecular weight excluding hydrogens is 504 g/mol. The summed E-state index contributed by atoms with van der Waals surface area (Å²) in [6.45, 7) is 9.45. The van der Waals surface area contributed by atoms with E-state index in [0.717, 1.165) is 0 Å². The van der Waals surface area contributed by atoms with E-state index in [4.69, 9.17) is 0 Å². The van der Waals surface area contributed by atoms with E-state index in [9.17, 15) is 0 Å². The zero-order valence-corrected chi connectivity index (χ0v) is 24.5. The summed E-state index contributed by atoms with van der Waals surface area (Å²) in [6, 6.07) is 45.9. The number of benzene rings is 7. The van der Waals surface area contributed by atoms with Crippen LogP contribution in [-0.2, 0) is 10.8 Å². The molecule has 0 bridgehead atoms. The van der Waals surface area contributed by atoms with Crippen LogP contribution in [-0.4, -0.2) is 0 Å². The topological polar surface area (TPSA) is 0 Å². The zero-order valence-electron chi connectivity index (χ0n) is 24.5. The van der Waals surface area contributed by atoms with Crippen molar-refractivity contribution in [3.05, 3.63) is 144 Å². The highest BCUT2D eigenvalue weighted by Gasteiger charge is 2.36. The predicted octanol–water partition coefficient (Wildman–Crippen LogP) is 11.4. The first-order chi connectivity index (χ1) is 20.3. The van der Waals surface area contributed by atoms with Crippen molar-refractivity contribution in [3.8, 4) is 33.4 Å². The fourth-order valence-corrected chi connectivity index (χ4v) is 8.22. The molecule has 0 heterocycles. The maximum atomic E-state index is 2.42. The smallest absolute Gasteiger partial charge is 0.0159 e. The number of fused-ring (bicyclic) bond motifs is 6. The Balaban J connectivity index is 1.21. The van der Waals surface area contributed by atoms with Crippen molar-refractivity contribution in [3.63, 3.8) is 0 Å². The van der Waals surface area contributed by atoms with Crippen LogP contribution in [0.1, 0.15) is 49.9 Å². The van der Waals surface area contributed by atoms with Gasteiger partial charge in [0.05, 0.1) is 0 Å². The highest BCUT2D eigenvalue weighted by Crippen LogP contribution is 2.52. The van der Waals surface area contributed by atoms with Gasteiger partial charge in [0.25, 0.3) is 0 Å². The monoisotopic (exact) mass is 536 g/mol. The minimum absolute atomic E-state index is 0.00128. The van der Waals surface area contributed by atoms with Crippen molar-refractivity contribution in [2.24, 2.45) is 0 Å². The molecule has 0 aromatic heterocycles. The van der Waals surface area contributed by atoms with Gasteiger partial charge in [-0.1, -0.05) is 131 Å². The largest absolute Gasteiger partial charge is 0.0619 e. The quantitative estimate of drug-likeness (QED) is 0.193. The van der Waals surface area contributed by atoms with Crippen molar-refractivity contribution >= 4 is 32.3 Å². The summed E-state index contributed by atoms with van der Waals surface area (Å²) in [6.07, 6.45) is 0. The Morgan fingerprint density at radius 1 is 0.333 bits per heavy atom. The Bertz CT molecular complexity index is 2290. The fraction of sp³-hybridized carbons (Fsp3) is 0.143. The Labute approximate surface area is 247 Å². The minimum Gasteiger partial charge on any atom is -0.0619 e. The summed E-state index contributed by atoms with van der Waals surface area (Å²) in [5.74, 6) is 0. The molecule has 0 nitrogen and oxygen atoms in total. The van der Waals surface area contributed by atoms with Gasteiger partial charge in [0, 0.05) is 10.8 Å². The van der Waals surface area contributed by atoms with Crippen molar-refractivity contribution in [2.45, 2.75) is 38.5 Å². The first kappa shape index (κ1) is 24.0. The Kier molecular flexibility index (Phi) is 4.56. The van der Waals surface area contributed by atoms with Crippen molar-refractivity contribution in [1.82, 2.24) is 0 Å². The highest BCUT2D eigenvalue weighted by atomic mass is 14.4. The molecule has 0 radical (unpaired) electrons. The Morgan fingerprint density at radius 3 is 1.60 bits per heavy atom. The number of hydrogen-bond donors (Lipinski definition) is 0. The number of hydrogen-bond acceptors (Lipinski definition) is 0. The second-order valence-corrected chi connectivity index (χ2v) is 13.4. The molecule has 42 heavy (non-hydrogen) atoms. The van der Waals surface area contributed by atoms with Crippen LogP contribution in [0.4, 0.5) is 0 Å². The first-order valence-electron chi connectivity index (χ1n) is 15.1. The lowest BCUT2D eigenvalue weighted by Crippen LogP contribution is -2.14. The van der Waals surface area contributed by atoms with Crippen LogP contribution in [0, 0.1) is 0 Å². The lowest BCUT2D eigenvalue weighted by Gasteiger charge is -2.22. The molecule has 0 heteroatoms. The van der Waals surface area contributed by atoms with E-state index in [1.807, 2.05) is 0 Å². The molecule has 0 amide bonds. The van der Waals surface area contributed by atoms with E-state index in [0.29, 0.717) is 0 Å². The molecule has 9 rings (SSSR count). The normalized spacial score (nSPS) is 15.5. The molecule has 7 aromatic rings. The van der Waals surface area contributed by atoms with Gasteiger partial charge in [-0.25, -0.2) is 0 Å². The molecule has 0 unspecified atom stereocenters. The lowest BCUT2D eigenvalue weighted by molar-refractivity contribution is 0.660. The molecule has 0 saturated carbocycles. The van der Waals surface area contributed by atoms with Gasteiger partial charge < -0.3 is 0 Å². The Hall–Kier alpha value is -4.68. The molecule has 200 valence electrons. The summed E-state index contributed by atoms with van der Waals surface area (Å²) in [5, 5.41) is 8.30. The van der Waals surface area contributed by atoms with Gasteiger partial charge in [-0.15, -0.1) is 0 Å². The maximum Gasteiger partial charge on any atom is 0.0159 e. The van der Waals surface area contributed by atoms with Crippen LogP contribution in [0.3, 0.4) is 0 Å². The Morgan fingerprint density at radius 2 is 0.857 bits per heavy atom. The van der Waals surface area contributed by atoms with Gasteiger partial charge in [0.15, 0.2) is 0 Å². The molecule has 0 atom stereocenters. The zero-order chi connectivity index (χ0) is 28.4. The first-order valence-corrected chi connectivity index (χ1v) is 15.1. The second-order valence-electron chi connectivity index (χ2n) is 13.4. The van der Waals surface area contributed by atoms with Gasteiger partial charge in [0.1, 0.15) is 0 Å². The van der Waals surface area contributed by atoms with Crippen molar-refractivity contribution in [1.29, 1.82) is 0 Å². The minimum atomic E-state index is -0.00128. The summed E-state index contributed by atoms with van der Waals surface area (Å²) in [7, 11) is 0. The SMILES string of the molecule is CC1(C)c2ccccc2-c2ccc(-c3cccc(-c4ccc5c(c4)c4cccc6c4c4c(cccc54)C6(C)C)c3)cc21. The molecule has 2 aliphatic carbocycles. The summed E-state index contributed by atoms with van der Waals surface area (Å²) < 4.78 is 0. The van der Waals surface area contributed by atoms with Crippen LogP contribution in [0.15, 0.2) is 121 Å². The summed E-state index contributed by atoms with van der Waals surface area (Å²) in [4.78, 5) is 0. The third-order valence-corrected chi connectivity index (χ3v) is 10.4. The number of rotatable bonds is 2. The van der Waals surface area contributed by atoms with E-state index in [2.05, 4.69) is 149 Å². The summed E-state index contributed by atoms with van der Waals surface area (Å²) in [5.41, 5.74) is 13.5. The third-order valence-electron chi connectivity index (χ3n) is 10.4. The van der Waals surface area contributed by atoms with Crippen molar-refractivity contribution in [2.75, 3.05) is 0 Å². The fourth-order valence-electron chi connectivity index (χ4n) is 8.22. The molecule has 0 spiro atoms. The maximum absolute atomic E-state index is 2.42. The molecule has 0 aliphatic heterocycles. The van der Waals surface area contributed by atoms with E-state index < -0.39 is 0 Å². The summed E-state index contributed by atoms with van der Waals surface area (Å²) >= 11 is 0. The molecular formula is C42H32. The predicted molar refractivity (Wildman–Crippen MR) is 180 cm³/mol. The van der Waals surface area contributed by atoms with E-state index in [1.54, 1.807) is 0 Å². The van der Waals surface area contributed by atoms with Gasteiger partial charge in [-0.3, -0.25) is 0 Å². The van der Waals surface area contributed by atoms with Gasteiger partial charge in [0.2, 0.25) is 0 Å². The van der Waals surface area contributed by atoms with Gasteiger partial charge in [-0.2, -0.15) is 0 Å². The van der Waals surface area contributed by atoms with E-state index in [-0.39, 0.29) is 10.8 Å². The van der Waals surface area contributed by atoms with Crippen LogP contribution >= 0.6 is 0 Å². The highest BCUT2D eigenvalue weighted by molar-refractivity contribution is 6.29. The molecule has 7 aromatic carbocycles.